The number of nitrogens with zero attached hydrogens (tertiary/aromatic N) is 1. The van der Waals surface area contributed by atoms with Crippen molar-refractivity contribution in [2.75, 3.05) is 12.8 Å². The van der Waals surface area contributed by atoms with Gasteiger partial charge in [0.25, 0.3) is 5.91 Å². The van der Waals surface area contributed by atoms with Crippen LogP contribution in [0.2, 0.25) is 0 Å². The summed E-state index contributed by atoms with van der Waals surface area (Å²) >= 11 is 1.73. The van der Waals surface area contributed by atoms with E-state index in [1.807, 2.05) is 36.4 Å². The van der Waals surface area contributed by atoms with E-state index in [2.05, 4.69) is 39.7 Å². The molecule has 172 valence electrons. The van der Waals surface area contributed by atoms with Gasteiger partial charge in [0.2, 0.25) is 0 Å². The number of nitrogens with one attached hydrogen (secondary N) is 2. The summed E-state index contributed by atoms with van der Waals surface area (Å²) in [7, 11) is 0. The van der Waals surface area contributed by atoms with E-state index in [0.29, 0.717) is 6.54 Å². The number of rotatable bonds is 4. The molecule has 4 rings (SSSR count). The third kappa shape index (κ3) is 6.26. The molecule has 0 atom stereocenters. The second-order valence-corrected chi connectivity index (χ2v) is 7.78. The predicted molar refractivity (Wildman–Crippen MR) is 121 cm³/mol. The van der Waals surface area contributed by atoms with Crippen molar-refractivity contribution < 1.29 is 27.9 Å². The highest BCUT2D eigenvalue weighted by Crippen LogP contribution is 2.25. The summed E-state index contributed by atoms with van der Waals surface area (Å²) in [6.45, 7) is 0.685. The number of pyridine rings is 1. The molecule has 6 nitrogen and oxygen atoms in total. The Morgan fingerprint density at radius 2 is 1.91 bits per heavy atom. The number of thioether (sulfide) groups is 1. The third-order valence-electron chi connectivity index (χ3n) is 4.71. The van der Waals surface area contributed by atoms with Crippen molar-refractivity contribution in [1.29, 1.82) is 0 Å². The average molecular weight is 475 g/mol. The van der Waals surface area contributed by atoms with Gasteiger partial charge in [0.15, 0.2) is 0 Å². The van der Waals surface area contributed by atoms with Gasteiger partial charge in [0, 0.05) is 41.0 Å². The van der Waals surface area contributed by atoms with Crippen LogP contribution in [0, 0.1) is 0 Å². The maximum atomic E-state index is 12.0. The molecule has 0 unspecified atom stereocenters. The fourth-order valence-electron chi connectivity index (χ4n) is 3.14. The highest BCUT2D eigenvalue weighted by Gasteiger charge is 2.38. The summed E-state index contributed by atoms with van der Waals surface area (Å²) in [5.41, 5.74) is 5.80. The number of carboxylic acids is 1. The van der Waals surface area contributed by atoms with E-state index in [-0.39, 0.29) is 5.91 Å². The van der Waals surface area contributed by atoms with Crippen LogP contribution in [0.4, 0.5) is 13.2 Å². The molecule has 3 aromatic rings. The average Bonchev–Trinajstić information content (AvgIpc) is 3.24. The fraction of sp³-hybridized carbons (Fsp3) is 0.174. The number of carboxylic acid groups (broad SMARTS) is 1. The Balaban J connectivity index is 0.000000383. The van der Waals surface area contributed by atoms with Crippen molar-refractivity contribution in [1.82, 2.24) is 15.3 Å². The molecule has 0 radical (unpaired) electrons. The number of hydrogen-bond acceptors (Lipinski definition) is 4. The Labute approximate surface area is 191 Å². The van der Waals surface area contributed by atoms with Gasteiger partial charge in [-0.05, 0) is 42.2 Å². The smallest absolute Gasteiger partial charge is 0.475 e. The van der Waals surface area contributed by atoms with Crippen molar-refractivity contribution >= 4 is 35.8 Å². The largest absolute Gasteiger partial charge is 0.490 e. The van der Waals surface area contributed by atoms with Crippen LogP contribution >= 0.6 is 11.8 Å². The molecule has 33 heavy (non-hydrogen) atoms. The molecular weight excluding hydrogens is 455 g/mol. The number of carbonyl (C=O) groups excluding carboxylic acids is 1. The first-order valence-electron chi connectivity index (χ1n) is 9.76. The molecule has 1 amide bonds. The SMILES string of the molecule is CSc1ccccc1C=Cc1cc(-c2cc3c([nH]2)CCNC3=O)ccn1.O=C(O)C(F)(F)F. The quantitative estimate of drug-likeness (QED) is 0.467. The third-order valence-corrected chi connectivity index (χ3v) is 5.52. The highest BCUT2D eigenvalue weighted by atomic mass is 32.2. The molecular formula is C23H20F3N3O3S. The van der Waals surface area contributed by atoms with E-state index >= 15 is 0 Å². The molecule has 1 aliphatic heterocycles. The fourth-order valence-corrected chi connectivity index (χ4v) is 3.72. The van der Waals surface area contributed by atoms with E-state index in [4.69, 9.17) is 9.90 Å². The number of halogens is 3. The zero-order valence-electron chi connectivity index (χ0n) is 17.4. The Morgan fingerprint density at radius 1 is 1.18 bits per heavy atom. The van der Waals surface area contributed by atoms with Crippen molar-refractivity contribution in [3.63, 3.8) is 0 Å². The molecule has 10 heteroatoms. The zero-order chi connectivity index (χ0) is 24.0. The first-order chi connectivity index (χ1) is 15.7. The Kier molecular flexibility index (Phi) is 7.59. The van der Waals surface area contributed by atoms with Crippen LogP contribution in [-0.4, -0.2) is 45.9 Å². The van der Waals surface area contributed by atoms with E-state index in [1.165, 1.54) is 10.5 Å². The van der Waals surface area contributed by atoms with Gasteiger partial charge < -0.3 is 15.4 Å². The monoisotopic (exact) mass is 475 g/mol. The molecule has 0 saturated carbocycles. The van der Waals surface area contributed by atoms with Crippen molar-refractivity contribution in [3.8, 4) is 11.3 Å². The van der Waals surface area contributed by atoms with Crippen molar-refractivity contribution in [2.24, 2.45) is 0 Å². The summed E-state index contributed by atoms with van der Waals surface area (Å²) in [6, 6.07) is 14.2. The Morgan fingerprint density at radius 3 is 2.58 bits per heavy atom. The topological polar surface area (TPSA) is 95.1 Å². The number of carbonyl (C=O) groups is 2. The number of alkyl halides is 3. The van der Waals surface area contributed by atoms with Crippen LogP contribution in [0.1, 0.15) is 27.3 Å². The number of hydrogen-bond donors (Lipinski definition) is 3. The highest BCUT2D eigenvalue weighted by molar-refractivity contribution is 7.98. The van der Waals surface area contributed by atoms with E-state index < -0.39 is 12.1 Å². The first-order valence-corrected chi connectivity index (χ1v) is 11.0. The van der Waals surface area contributed by atoms with Gasteiger partial charge in [-0.1, -0.05) is 24.3 Å². The molecule has 0 spiro atoms. The maximum absolute atomic E-state index is 12.0. The van der Waals surface area contributed by atoms with E-state index in [1.54, 1.807) is 18.0 Å². The van der Waals surface area contributed by atoms with Gasteiger partial charge in [-0.3, -0.25) is 9.78 Å². The second kappa shape index (κ2) is 10.4. The van der Waals surface area contributed by atoms with Crippen LogP contribution in [0.5, 0.6) is 0 Å². The van der Waals surface area contributed by atoms with Crippen LogP contribution < -0.4 is 5.32 Å². The van der Waals surface area contributed by atoms with Gasteiger partial charge in [0.05, 0.1) is 11.3 Å². The minimum atomic E-state index is -5.08. The van der Waals surface area contributed by atoms with Crippen LogP contribution in [-0.2, 0) is 11.2 Å². The number of H-pyrrole nitrogens is 1. The molecule has 3 heterocycles. The minimum Gasteiger partial charge on any atom is -0.475 e. The number of aromatic nitrogens is 2. The lowest BCUT2D eigenvalue weighted by molar-refractivity contribution is -0.192. The number of amides is 1. The Hall–Kier alpha value is -3.53. The molecule has 3 N–H and O–H groups in total. The van der Waals surface area contributed by atoms with Gasteiger partial charge in [-0.25, -0.2) is 4.79 Å². The summed E-state index contributed by atoms with van der Waals surface area (Å²) < 4.78 is 31.7. The van der Waals surface area contributed by atoms with Crippen molar-refractivity contribution in [2.45, 2.75) is 17.5 Å². The predicted octanol–water partition coefficient (Wildman–Crippen LogP) is 4.89. The number of aliphatic carboxylic acids is 1. The summed E-state index contributed by atoms with van der Waals surface area (Å²) in [5.74, 6) is -2.76. The minimum absolute atomic E-state index is 0.00315. The summed E-state index contributed by atoms with van der Waals surface area (Å²) in [6.07, 6.45) is 3.74. The lowest BCUT2D eigenvalue weighted by atomic mass is 10.1. The van der Waals surface area contributed by atoms with E-state index in [0.717, 1.165) is 34.6 Å². The number of fused-ring (bicyclic) bond motifs is 1. The molecule has 0 bridgehead atoms. The van der Waals surface area contributed by atoms with Gasteiger partial charge in [-0.15, -0.1) is 11.8 Å². The molecule has 0 aliphatic carbocycles. The lowest BCUT2D eigenvalue weighted by Gasteiger charge is -2.10. The molecule has 1 aliphatic rings. The number of benzene rings is 1. The Bertz CT molecular complexity index is 1190. The molecule has 2 aromatic heterocycles. The lowest BCUT2D eigenvalue weighted by Crippen LogP contribution is -2.31. The standard InChI is InChI=1S/C21H19N3OS.C2HF3O2/c1-26-20-5-3-2-4-14(20)6-7-16-12-15(8-10-22-16)19-13-17-18(24-19)9-11-23-21(17)25;3-2(4,5)1(6)7/h2-8,10,12-13,24H,9,11H2,1H3,(H,23,25);(H,6,7). The number of aromatic amines is 1. The van der Waals surface area contributed by atoms with Crippen LogP contribution in [0.25, 0.3) is 23.4 Å². The van der Waals surface area contributed by atoms with Crippen LogP contribution in [0.15, 0.2) is 53.6 Å². The summed E-state index contributed by atoms with van der Waals surface area (Å²) in [4.78, 5) is 29.9. The molecule has 0 saturated heterocycles. The molecule has 0 fully saturated rings. The first kappa shape index (κ1) is 24.1. The van der Waals surface area contributed by atoms with Gasteiger partial charge in [0.1, 0.15) is 0 Å². The summed E-state index contributed by atoms with van der Waals surface area (Å²) in [5, 5.41) is 10.0. The van der Waals surface area contributed by atoms with Crippen LogP contribution in [0.3, 0.4) is 0 Å². The van der Waals surface area contributed by atoms with Crippen molar-refractivity contribution in [3.05, 3.63) is 71.2 Å². The normalized spacial score (nSPS) is 13.2. The zero-order valence-corrected chi connectivity index (χ0v) is 18.3. The van der Waals surface area contributed by atoms with Gasteiger partial charge in [-0.2, -0.15) is 13.2 Å². The van der Waals surface area contributed by atoms with Gasteiger partial charge >= 0.3 is 12.1 Å². The van der Waals surface area contributed by atoms with E-state index in [9.17, 15) is 18.0 Å². The second-order valence-electron chi connectivity index (χ2n) is 6.93. The molecule has 1 aromatic carbocycles. The maximum Gasteiger partial charge on any atom is 0.490 e.